The van der Waals surface area contributed by atoms with E-state index < -0.39 is 0 Å². The van der Waals surface area contributed by atoms with Gasteiger partial charge in [0.15, 0.2) is 0 Å². The molecule has 3 heteroatoms. The molecule has 2 atom stereocenters. The van der Waals surface area contributed by atoms with Gasteiger partial charge in [0.25, 0.3) is 0 Å². The van der Waals surface area contributed by atoms with Crippen LogP contribution in [0.4, 0.5) is 4.39 Å². The van der Waals surface area contributed by atoms with Crippen LogP contribution in [-0.2, 0) is 13.0 Å². The predicted molar refractivity (Wildman–Crippen MR) is 88.2 cm³/mol. The van der Waals surface area contributed by atoms with Gasteiger partial charge in [-0.15, -0.1) is 0 Å². The Morgan fingerprint density at radius 3 is 2.50 bits per heavy atom. The zero-order valence-electron chi connectivity index (χ0n) is 13.0. The number of halogens is 1. The fourth-order valence-corrected chi connectivity index (χ4v) is 3.14. The van der Waals surface area contributed by atoms with Crippen LogP contribution in [0.1, 0.15) is 18.1 Å². The van der Waals surface area contributed by atoms with Crippen molar-refractivity contribution in [2.45, 2.75) is 32.0 Å². The highest BCUT2D eigenvalue weighted by molar-refractivity contribution is 5.18. The first-order valence-electron chi connectivity index (χ1n) is 7.96. The van der Waals surface area contributed by atoms with Crippen LogP contribution < -0.4 is 5.32 Å². The van der Waals surface area contributed by atoms with Crippen molar-refractivity contribution in [3.8, 4) is 0 Å². The molecule has 22 heavy (non-hydrogen) atoms. The molecule has 0 bridgehead atoms. The quantitative estimate of drug-likeness (QED) is 0.932. The van der Waals surface area contributed by atoms with Crippen LogP contribution in [0.15, 0.2) is 54.6 Å². The van der Waals surface area contributed by atoms with Gasteiger partial charge in [-0.1, -0.05) is 42.5 Å². The van der Waals surface area contributed by atoms with Crippen LogP contribution in [0.25, 0.3) is 0 Å². The second-order valence-electron chi connectivity index (χ2n) is 6.21. The Bertz CT molecular complexity index is 582. The van der Waals surface area contributed by atoms with Crippen molar-refractivity contribution in [1.82, 2.24) is 10.2 Å². The molecular formula is C19H23FN2. The topological polar surface area (TPSA) is 15.3 Å². The van der Waals surface area contributed by atoms with E-state index in [0.29, 0.717) is 12.1 Å². The molecule has 0 aromatic heterocycles. The Morgan fingerprint density at radius 1 is 1.05 bits per heavy atom. The van der Waals surface area contributed by atoms with Crippen molar-refractivity contribution in [1.29, 1.82) is 0 Å². The summed E-state index contributed by atoms with van der Waals surface area (Å²) >= 11 is 0. The van der Waals surface area contributed by atoms with E-state index in [-0.39, 0.29) is 5.82 Å². The van der Waals surface area contributed by atoms with Gasteiger partial charge in [-0.2, -0.15) is 0 Å². The SMILES string of the molecule is C[C@@H]1CN(Cc2ccc(F)cc2)[C@H](Cc2ccccc2)CN1. The van der Waals surface area contributed by atoms with Gasteiger partial charge >= 0.3 is 0 Å². The van der Waals surface area contributed by atoms with Gasteiger partial charge in [-0.25, -0.2) is 4.39 Å². The van der Waals surface area contributed by atoms with E-state index in [1.54, 1.807) is 12.1 Å². The third kappa shape index (κ3) is 3.93. The maximum Gasteiger partial charge on any atom is 0.123 e. The van der Waals surface area contributed by atoms with Gasteiger partial charge in [-0.05, 0) is 36.6 Å². The number of nitrogens with zero attached hydrogens (tertiary/aromatic N) is 1. The Hall–Kier alpha value is -1.71. The highest BCUT2D eigenvalue weighted by Crippen LogP contribution is 2.17. The summed E-state index contributed by atoms with van der Waals surface area (Å²) in [7, 11) is 0. The molecule has 1 N–H and O–H groups in total. The van der Waals surface area contributed by atoms with E-state index in [9.17, 15) is 4.39 Å². The summed E-state index contributed by atoms with van der Waals surface area (Å²) in [5, 5.41) is 3.58. The molecule has 0 radical (unpaired) electrons. The summed E-state index contributed by atoms with van der Waals surface area (Å²) in [6.07, 6.45) is 1.04. The standard InChI is InChI=1S/C19H23FN2/c1-15-13-22(14-17-7-9-18(20)10-8-17)19(12-21-15)11-16-5-3-2-4-6-16/h2-10,15,19,21H,11-14H2,1H3/t15-,19-/m1/s1. The van der Waals surface area contributed by atoms with Crippen LogP contribution in [0.3, 0.4) is 0 Å². The van der Waals surface area contributed by atoms with Crippen molar-refractivity contribution in [2.75, 3.05) is 13.1 Å². The van der Waals surface area contributed by atoms with Crippen molar-refractivity contribution >= 4 is 0 Å². The molecular weight excluding hydrogens is 275 g/mol. The summed E-state index contributed by atoms with van der Waals surface area (Å²) in [5.41, 5.74) is 2.54. The minimum Gasteiger partial charge on any atom is -0.311 e. The zero-order valence-corrected chi connectivity index (χ0v) is 13.0. The van der Waals surface area contributed by atoms with Crippen LogP contribution in [0.2, 0.25) is 0 Å². The van der Waals surface area contributed by atoms with Crippen molar-refractivity contribution in [3.63, 3.8) is 0 Å². The van der Waals surface area contributed by atoms with Gasteiger partial charge < -0.3 is 5.32 Å². The zero-order chi connectivity index (χ0) is 15.4. The first-order chi connectivity index (χ1) is 10.7. The number of rotatable bonds is 4. The Balaban J connectivity index is 1.71. The van der Waals surface area contributed by atoms with E-state index in [1.165, 1.54) is 11.1 Å². The smallest absolute Gasteiger partial charge is 0.123 e. The van der Waals surface area contributed by atoms with Gasteiger partial charge in [-0.3, -0.25) is 4.90 Å². The lowest BCUT2D eigenvalue weighted by atomic mass is 10.0. The lowest BCUT2D eigenvalue weighted by Gasteiger charge is -2.39. The molecule has 2 nitrogen and oxygen atoms in total. The number of benzene rings is 2. The normalized spacial score (nSPS) is 22.6. The van der Waals surface area contributed by atoms with Crippen molar-refractivity contribution in [2.24, 2.45) is 0 Å². The van der Waals surface area contributed by atoms with E-state index in [0.717, 1.165) is 26.1 Å². The van der Waals surface area contributed by atoms with Crippen LogP contribution in [0, 0.1) is 5.82 Å². The maximum absolute atomic E-state index is 13.1. The van der Waals surface area contributed by atoms with Gasteiger partial charge in [0.05, 0.1) is 0 Å². The third-order valence-electron chi connectivity index (χ3n) is 4.34. The number of nitrogens with one attached hydrogen (secondary N) is 1. The van der Waals surface area contributed by atoms with Crippen LogP contribution in [-0.4, -0.2) is 30.1 Å². The minimum absolute atomic E-state index is 0.168. The van der Waals surface area contributed by atoms with Crippen molar-refractivity contribution < 1.29 is 4.39 Å². The molecule has 0 aliphatic carbocycles. The number of piperazine rings is 1. The lowest BCUT2D eigenvalue weighted by molar-refractivity contribution is 0.127. The first kappa shape index (κ1) is 15.2. The molecule has 1 aliphatic heterocycles. The summed E-state index contributed by atoms with van der Waals surface area (Å²) in [6, 6.07) is 18.5. The predicted octanol–water partition coefficient (Wildman–Crippen LogP) is 3.23. The minimum atomic E-state index is -0.168. The average Bonchev–Trinajstić information content (AvgIpc) is 2.53. The third-order valence-corrected chi connectivity index (χ3v) is 4.34. The van der Waals surface area contributed by atoms with E-state index in [1.807, 2.05) is 12.1 Å². The fraction of sp³-hybridized carbons (Fsp3) is 0.368. The van der Waals surface area contributed by atoms with Crippen molar-refractivity contribution in [3.05, 3.63) is 71.5 Å². The summed E-state index contributed by atoms with van der Waals surface area (Å²) in [4.78, 5) is 2.52. The Kier molecular flexibility index (Phi) is 4.86. The van der Waals surface area contributed by atoms with Gasteiger partial charge in [0, 0.05) is 31.7 Å². The van der Waals surface area contributed by atoms with Crippen LogP contribution >= 0.6 is 0 Å². The Morgan fingerprint density at radius 2 is 1.77 bits per heavy atom. The van der Waals surface area contributed by atoms with E-state index in [2.05, 4.69) is 47.5 Å². The number of hydrogen-bond acceptors (Lipinski definition) is 2. The van der Waals surface area contributed by atoms with E-state index in [4.69, 9.17) is 0 Å². The molecule has 3 rings (SSSR count). The summed E-state index contributed by atoms with van der Waals surface area (Å²) in [5.74, 6) is -0.168. The molecule has 0 saturated carbocycles. The molecule has 0 unspecified atom stereocenters. The molecule has 1 heterocycles. The molecule has 116 valence electrons. The summed E-state index contributed by atoms with van der Waals surface area (Å²) in [6.45, 7) is 5.12. The molecule has 2 aromatic carbocycles. The van der Waals surface area contributed by atoms with Gasteiger partial charge in [0.1, 0.15) is 5.82 Å². The molecule has 1 aliphatic rings. The van der Waals surface area contributed by atoms with Gasteiger partial charge in [0.2, 0.25) is 0 Å². The second kappa shape index (κ2) is 7.03. The Labute approximate surface area is 132 Å². The highest BCUT2D eigenvalue weighted by Gasteiger charge is 2.25. The molecule has 1 saturated heterocycles. The highest BCUT2D eigenvalue weighted by atomic mass is 19.1. The van der Waals surface area contributed by atoms with Crippen LogP contribution in [0.5, 0.6) is 0 Å². The largest absolute Gasteiger partial charge is 0.311 e. The first-order valence-corrected chi connectivity index (χ1v) is 7.96. The average molecular weight is 298 g/mol. The maximum atomic E-state index is 13.1. The fourth-order valence-electron chi connectivity index (χ4n) is 3.14. The molecule has 0 spiro atoms. The monoisotopic (exact) mass is 298 g/mol. The molecule has 2 aromatic rings. The summed E-state index contributed by atoms with van der Waals surface area (Å²) < 4.78 is 13.1. The lowest BCUT2D eigenvalue weighted by Crippen LogP contribution is -2.55. The molecule has 1 fully saturated rings. The number of hydrogen-bond donors (Lipinski definition) is 1. The second-order valence-corrected chi connectivity index (χ2v) is 6.21. The molecule has 0 amide bonds. The van der Waals surface area contributed by atoms with E-state index >= 15 is 0 Å².